The number of alkyl halides is 3. The van der Waals surface area contributed by atoms with Gasteiger partial charge < -0.3 is 14.4 Å². The minimum absolute atomic E-state index is 0.0167. The third kappa shape index (κ3) is 5.95. The number of hydrogen-bond acceptors (Lipinski definition) is 4. The summed E-state index contributed by atoms with van der Waals surface area (Å²) in [5.74, 6) is 0.0167. The molecule has 0 N–H and O–H groups in total. The van der Waals surface area contributed by atoms with Gasteiger partial charge in [-0.3, -0.25) is 0 Å². The van der Waals surface area contributed by atoms with E-state index in [1.165, 1.54) is 6.07 Å². The van der Waals surface area contributed by atoms with E-state index in [1.807, 2.05) is 0 Å². The Bertz CT molecular complexity index is 624. The Morgan fingerprint density at radius 3 is 2.36 bits per heavy atom. The molecule has 0 atom stereocenters. The van der Waals surface area contributed by atoms with E-state index in [4.69, 9.17) is 21.1 Å². The smallest absolute Gasteiger partial charge is 0.433 e. The van der Waals surface area contributed by atoms with Crippen LogP contribution in [0.15, 0.2) is 12.1 Å². The molecule has 1 aliphatic heterocycles. The predicted octanol–water partition coefficient (Wildman–Crippen LogP) is 4.53. The summed E-state index contributed by atoms with van der Waals surface area (Å²) in [6.07, 6.45) is -4.33. The normalized spacial score (nSPS) is 16.7. The highest BCUT2D eigenvalue weighted by molar-refractivity contribution is 6.29. The molecule has 9 heteroatoms. The molecule has 1 aromatic rings. The summed E-state index contributed by atoms with van der Waals surface area (Å²) in [6, 6.07) is 2.07. The van der Waals surface area contributed by atoms with Crippen LogP contribution in [0.25, 0.3) is 0 Å². The topological polar surface area (TPSA) is 51.7 Å². The minimum Gasteiger partial charge on any atom is -0.490 e. The number of hydrogen-bond donors (Lipinski definition) is 0. The minimum atomic E-state index is -4.59. The average molecular weight is 381 g/mol. The van der Waals surface area contributed by atoms with Crippen molar-refractivity contribution >= 4 is 17.7 Å². The molecule has 1 fully saturated rings. The molecule has 0 aromatic carbocycles. The summed E-state index contributed by atoms with van der Waals surface area (Å²) in [5, 5.41) is -0.281. The van der Waals surface area contributed by atoms with Crippen molar-refractivity contribution in [1.82, 2.24) is 9.88 Å². The van der Waals surface area contributed by atoms with Crippen molar-refractivity contribution in [3.63, 3.8) is 0 Å². The van der Waals surface area contributed by atoms with E-state index in [0.717, 1.165) is 6.07 Å². The lowest BCUT2D eigenvalue weighted by Crippen LogP contribution is -2.44. The van der Waals surface area contributed by atoms with E-state index in [1.54, 1.807) is 25.7 Å². The Labute approximate surface area is 149 Å². The highest BCUT2D eigenvalue weighted by Crippen LogP contribution is 2.32. The number of ether oxygens (including phenoxy) is 2. The molecule has 0 saturated carbocycles. The van der Waals surface area contributed by atoms with Gasteiger partial charge in [0.15, 0.2) is 0 Å². The summed E-state index contributed by atoms with van der Waals surface area (Å²) in [5.41, 5.74) is -1.67. The zero-order chi connectivity index (χ0) is 18.8. The van der Waals surface area contributed by atoms with Crippen LogP contribution in [-0.4, -0.2) is 40.8 Å². The van der Waals surface area contributed by atoms with Crippen LogP contribution in [0.3, 0.4) is 0 Å². The molecule has 0 aliphatic carbocycles. The van der Waals surface area contributed by atoms with Gasteiger partial charge in [0.2, 0.25) is 0 Å². The molecule has 5 nitrogen and oxygen atoms in total. The van der Waals surface area contributed by atoms with Crippen LogP contribution >= 0.6 is 11.6 Å². The molecule has 1 saturated heterocycles. The highest BCUT2D eigenvalue weighted by Gasteiger charge is 2.34. The molecule has 0 spiro atoms. The molecule has 0 radical (unpaired) electrons. The fourth-order valence-electron chi connectivity index (χ4n) is 2.36. The van der Waals surface area contributed by atoms with Crippen molar-refractivity contribution in [2.75, 3.05) is 13.1 Å². The van der Waals surface area contributed by atoms with Crippen LogP contribution in [0.2, 0.25) is 5.15 Å². The van der Waals surface area contributed by atoms with E-state index < -0.39 is 23.6 Å². The Balaban J connectivity index is 1.94. The molecular weight excluding hydrogens is 361 g/mol. The zero-order valence-corrected chi connectivity index (χ0v) is 14.9. The first-order valence-corrected chi connectivity index (χ1v) is 8.21. The number of pyridine rings is 1. The maximum absolute atomic E-state index is 12.8. The summed E-state index contributed by atoms with van der Waals surface area (Å²) < 4.78 is 49.2. The van der Waals surface area contributed by atoms with Gasteiger partial charge in [-0.2, -0.15) is 13.2 Å². The fraction of sp³-hybridized carbons (Fsp3) is 0.625. The second-order valence-electron chi connectivity index (χ2n) is 6.79. The number of nitrogens with zero attached hydrogens (tertiary/aromatic N) is 2. The van der Waals surface area contributed by atoms with E-state index in [2.05, 4.69) is 4.98 Å². The monoisotopic (exact) mass is 380 g/mol. The predicted molar refractivity (Wildman–Crippen MR) is 85.7 cm³/mol. The van der Waals surface area contributed by atoms with E-state index in [-0.39, 0.29) is 17.0 Å². The lowest BCUT2D eigenvalue weighted by Gasteiger charge is -2.33. The number of piperidine rings is 1. The number of likely N-dealkylation sites (tertiary alicyclic amines) is 1. The van der Waals surface area contributed by atoms with Gasteiger partial charge in [-0.1, -0.05) is 11.6 Å². The summed E-state index contributed by atoms with van der Waals surface area (Å²) in [7, 11) is 0. The molecule has 2 rings (SSSR count). The summed E-state index contributed by atoms with van der Waals surface area (Å²) >= 11 is 5.64. The van der Waals surface area contributed by atoms with Crippen molar-refractivity contribution in [2.45, 2.75) is 51.5 Å². The fourth-order valence-corrected chi connectivity index (χ4v) is 2.56. The molecule has 25 heavy (non-hydrogen) atoms. The van der Waals surface area contributed by atoms with Gasteiger partial charge in [0.25, 0.3) is 0 Å². The Hall–Kier alpha value is -1.70. The number of aromatic nitrogens is 1. The first kappa shape index (κ1) is 19.6. The van der Waals surface area contributed by atoms with Crippen LogP contribution in [0.1, 0.15) is 39.3 Å². The second kappa shape index (κ2) is 7.27. The van der Waals surface area contributed by atoms with E-state index >= 15 is 0 Å². The van der Waals surface area contributed by atoms with Crippen LogP contribution in [0.5, 0.6) is 5.75 Å². The second-order valence-corrected chi connectivity index (χ2v) is 7.18. The van der Waals surface area contributed by atoms with Gasteiger partial charge in [-0.25, -0.2) is 9.78 Å². The number of rotatable bonds is 2. The summed E-state index contributed by atoms with van der Waals surface area (Å²) in [6.45, 7) is 6.17. The first-order chi connectivity index (χ1) is 11.4. The van der Waals surface area contributed by atoms with Crippen molar-refractivity contribution in [1.29, 1.82) is 0 Å². The SMILES string of the molecule is CC(C)(C)OC(=O)N1CCC(Oc2cc(Cl)nc(C(F)(F)F)c2)CC1. The van der Waals surface area contributed by atoms with Gasteiger partial charge in [-0.15, -0.1) is 0 Å². The number of carbonyl (C=O) groups excluding carboxylic acids is 1. The van der Waals surface area contributed by atoms with Crippen molar-refractivity contribution < 1.29 is 27.4 Å². The lowest BCUT2D eigenvalue weighted by atomic mass is 10.1. The Morgan fingerprint density at radius 2 is 1.84 bits per heavy atom. The molecule has 2 heterocycles. The van der Waals surface area contributed by atoms with E-state index in [9.17, 15) is 18.0 Å². The van der Waals surface area contributed by atoms with Crippen LogP contribution in [0.4, 0.5) is 18.0 Å². The maximum Gasteiger partial charge on any atom is 0.433 e. The van der Waals surface area contributed by atoms with Crippen molar-refractivity contribution in [3.8, 4) is 5.75 Å². The Morgan fingerprint density at radius 1 is 1.24 bits per heavy atom. The molecule has 140 valence electrons. The molecule has 0 unspecified atom stereocenters. The van der Waals surface area contributed by atoms with Gasteiger partial charge in [0.05, 0.1) is 0 Å². The maximum atomic E-state index is 12.8. The number of halogens is 4. The molecular formula is C16H20ClF3N2O3. The quantitative estimate of drug-likeness (QED) is 0.707. The highest BCUT2D eigenvalue weighted by atomic mass is 35.5. The van der Waals surface area contributed by atoms with Crippen molar-refractivity contribution in [2.24, 2.45) is 0 Å². The van der Waals surface area contributed by atoms with Gasteiger partial charge in [0, 0.05) is 38.1 Å². The average Bonchev–Trinajstić information content (AvgIpc) is 2.44. The van der Waals surface area contributed by atoms with Crippen LogP contribution in [-0.2, 0) is 10.9 Å². The van der Waals surface area contributed by atoms with Crippen LogP contribution < -0.4 is 4.74 Å². The zero-order valence-electron chi connectivity index (χ0n) is 14.2. The van der Waals surface area contributed by atoms with Gasteiger partial charge in [-0.05, 0) is 20.8 Å². The number of carbonyl (C=O) groups is 1. The first-order valence-electron chi connectivity index (χ1n) is 7.83. The number of amides is 1. The molecule has 1 amide bonds. The van der Waals surface area contributed by atoms with Gasteiger partial charge in [0.1, 0.15) is 28.3 Å². The summed E-state index contributed by atoms with van der Waals surface area (Å²) in [4.78, 5) is 16.8. The standard InChI is InChI=1S/C16H20ClF3N2O3/c1-15(2,3)25-14(23)22-6-4-10(5-7-22)24-11-8-12(16(18,19)20)21-13(17)9-11/h8-10H,4-7H2,1-3H3. The molecule has 1 aromatic heterocycles. The largest absolute Gasteiger partial charge is 0.490 e. The van der Waals surface area contributed by atoms with Crippen LogP contribution in [0, 0.1) is 0 Å². The van der Waals surface area contributed by atoms with Crippen molar-refractivity contribution in [3.05, 3.63) is 23.0 Å². The van der Waals surface area contributed by atoms with E-state index in [0.29, 0.717) is 25.9 Å². The Kier molecular flexibility index (Phi) is 5.71. The molecule has 1 aliphatic rings. The third-order valence-corrected chi connectivity index (χ3v) is 3.65. The lowest BCUT2D eigenvalue weighted by molar-refractivity contribution is -0.141. The van der Waals surface area contributed by atoms with Gasteiger partial charge >= 0.3 is 12.3 Å². The molecule has 0 bridgehead atoms. The third-order valence-electron chi connectivity index (χ3n) is 3.45.